The minimum Gasteiger partial charge on any atom is -0.493 e. The third-order valence-corrected chi connectivity index (χ3v) is 3.58. The maximum absolute atomic E-state index is 12.1. The highest BCUT2D eigenvalue weighted by Crippen LogP contribution is 2.30. The molecule has 0 saturated carbocycles. The van der Waals surface area contributed by atoms with Gasteiger partial charge in [0.05, 0.1) is 13.5 Å². The molecule has 27 heavy (non-hydrogen) atoms. The van der Waals surface area contributed by atoms with E-state index in [4.69, 9.17) is 9.47 Å². The average molecular weight is 372 g/mol. The van der Waals surface area contributed by atoms with E-state index in [9.17, 15) is 14.9 Å². The molecule has 0 atom stereocenters. The second-order valence-electron chi connectivity index (χ2n) is 7.40. The number of ether oxygens (including phenoxy) is 2. The fourth-order valence-electron chi connectivity index (χ4n) is 2.24. The van der Waals surface area contributed by atoms with Gasteiger partial charge in [-0.3, -0.25) is 9.59 Å². The lowest BCUT2D eigenvalue weighted by Gasteiger charge is -2.17. The monoisotopic (exact) mass is 372 g/mol. The van der Waals surface area contributed by atoms with Crippen LogP contribution in [0.3, 0.4) is 0 Å². The molecule has 0 heterocycles. The van der Waals surface area contributed by atoms with E-state index in [-0.39, 0.29) is 23.4 Å². The van der Waals surface area contributed by atoms with Gasteiger partial charge < -0.3 is 14.8 Å². The summed E-state index contributed by atoms with van der Waals surface area (Å²) in [7, 11) is 1.46. The van der Waals surface area contributed by atoms with E-state index >= 15 is 0 Å². The Morgan fingerprint density at radius 1 is 1.26 bits per heavy atom. The summed E-state index contributed by atoms with van der Waals surface area (Å²) in [4.78, 5) is 24.1. The first-order valence-electron chi connectivity index (χ1n) is 8.99. The largest absolute Gasteiger partial charge is 0.493 e. The van der Waals surface area contributed by atoms with Crippen LogP contribution in [0.4, 0.5) is 0 Å². The number of nitrogens with zero attached hydrogens (tertiary/aromatic N) is 1. The number of esters is 1. The van der Waals surface area contributed by atoms with Crippen molar-refractivity contribution >= 4 is 18.0 Å². The summed E-state index contributed by atoms with van der Waals surface area (Å²) in [5.41, 5.74) is 0.426. The predicted molar refractivity (Wildman–Crippen MR) is 104 cm³/mol. The lowest BCUT2D eigenvalue weighted by Crippen LogP contribution is -2.25. The summed E-state index contributed by atoms with van der Waals surface area (Å²) in [6, 6.07) is 6.79. The Morgan fingerprint density at radius 3 is 2.52 bits per heavy atom. The lowest BCUT2D eigenvalue weighted by atomic mass is 9.92. The van der Waals surface area contributed by atoms with Crippen molar-refractivity contribution in [3.05, 3.63) is 29.3 Å². The number of hydrogen-bond acceptors (Lipinski definition) is 5. The van der Waals surface area contributed by atoms with Crippen molar-refractivity contribution in [3.8, 4) is 17.6 Å². The van der Waals surface area contributed by atoms with Gasteiger partial charge in [-0.05, 0) is 35.6 Å². The van der Waals surface area contributed by atoms with Crippen LogP contribution in [-0.2, 0) is 9.59 Å². The van der Waals surface area contributed by atoms with Gasteiger partial charge in [0, 0.05) is 6.54 Å². The standard InChI is InChI=1S/C21H28N2O4/c1-6-7-10-23-20(25)16(14-22)11-15-8-9-17(18(12-15)26-5)27-19(24)13-21(2,3)4/h8-9,11-12H,6-7,10,13H2,1-5H3,(H,23,25)/b16-11+. The second-order valence-corrected chi connectivity index (χ2v) is 7.40. The first kappa shape index (κ1) is 22.2. The molecule has 1 aromatic carbocycles. The molecular weight excluding hydrogens is 344 g/mol. The van der Waals surface area contributed by atoms with Crippen LogP contribution in [0.25, 0.3) is 6.08 Å². The zero-order valence-electron chi connectivity index (χ0n) is 16.7. The number of amides is 1. The molecular formula is C21H28N2O4. The topological polar surface area (TPSA) is 88.4 Å². The molecule has 0 saturated heterocycles. The minimum atomic E-state index is -0.411. The highest BCUT2D eigenvalue weighted by atomic mass is 16.6. The third-order valence-electron chi connectivity index (χ3n) is 3.58. The molecule has 1 amide bonds. The van der Waals surface area contributed by atoms with E-state index in [0.29, 0.717) is 23.6 Å². The van der Waals surface area contributed by atoms with Crippen molar-refractivity contribution in [1.29, 1.82) is 5.26 Å². The van der Waals surface area contributed by atoms with Crippen molar-refractivity contribution in [3.63, 3.8) is 0 Å². The Labute approximate surface area is 161 Å². The van der Waals surface area contributed by atoms with Gasteiger partial charge in [-0.1, -0.05) is 40.2 Å². The molecule has 1 N–H and O–H groups in total. The molecule has 0 spiro atoms. The van der Waals surface area contributed by atoms with Crippen molar-refractivity contribution in [2.45, 2.75) is 47.0 Å². The van der Waals surface area contributed by atoms with Gasteiger partial charge in [-0.2, -0.15) is 5.26 Å². The van der Waals surface area contributed by atoms with Crippen LogP contribution in [0.5, 0.6) is 11.5 Å². The van der Waals surface area contributed by atoms with E-state index in [0.717, 1.165) is 12.8 Å². The number of carbonyl (C=O) groups is 2. The van der Waals surface area contributed by atoms with Crippen LogP contribution < -0.4 is 14.8 Å². The lowest BCUT2D eigenvalue weighted by molar-refractivity contribution is -0.136. The molecule has 0 aliphatic carbocycles. The molecule has 0 unspecified atom stereocenters. The summed E-state index contributed by atoms with van der Waals surface area (Å²) in [5.74, 6) is -0.104. The maximum atomic E-state index is 12.1. The molecule has 1 aromatic rings. The van der Waals surface area contributed by atoms with Gasteiger partial charge in [-0.15, -0.1) is 0 Å². The molecule has 0 fully saturated rings. The molecule has 0 bridgehead atoms. The van der Waals surface area contributed by atoms with Gasteiger partial charge >= 0.3 is 5.97 Å². The maximum Gasteiger partial charge on any atom is 0.311 e. The fraction of sp³-hybridized carbons (Fsp3) is 0.476. The molecule has 0 aliphatic heterocycles. The molecule has 6 heteroatoms. The van der Waals surface area contributed by atoms with Crippen LogP contribution in [0.1, 0.15) is 52.5 Å². The number of benzene rings is 1. The van der Waals surface area contributed by atoms with Gasteiger partial charge in [0.15, 0.2) is 11.5 Å². The molecule has 6 nitrogen and oxygen atoms in total. The van der Waals surface area contributed by atoms with Gasteiger partial charge in [0.1, 0.15) is 11.6 Å². The average Bonchev–Trinajstić information content (AvgIpc) is 2.59. The predicted octanol–water partition coefficient (Wildman–Crippen LogP) is 3.86. The van der Waals surface area contributed by atoms with Crippen LogP contribution in [0, 0.1) is 16.7 Å². The van der Waals surface area contributed by atoms with Crippen LogP contribution >= 0.6 is 0 Å². The smallest absolute Gasteiger partial charge is 0.311 e. The number of nitriles is 1. The van der Waals surface area contributed by atoms with Crippen molar-refractivity contribution in [2.24, 2.45) is 5.41 Å². The first-order valence-corrected chi connectivity index (χ1v) is 8.99. The Morgan fingerprint density at radius 2 is 1.96 bits per heavy atom. The zero-order valence-corrected chi connectivity index (χ0v) is 16.7. The number of rotatable bonds is 8. The number of nitrogens with one attached hydrogen (secondary N) is 1. The molecule has 0 aromatic heterocycles. The SMILES string of the molecule is CCCCNC(=O)/C(C#N)=C/c1ccc(OC(=O)CC(C)(C)C)c(OC)c1. The summed E-state index contributed by atoms with van der Waals surface area (Å²) in [6.07, 6.45) is 3.56. The summed E-state index contributed by atoms with van der Waals surface area (Å²) in [6.45, 7) is 8.41. The van der Waals surface area contributed by atoms with Crippen molar-refractivity contribution < 1.29 is 19.1 Å². The van der Waals surface area contributed by atoms with E-state index in [1.54, 1.807) is 18.2 Å². The molecule has 1 rings (SSSR count). The normalized spacial score (nSPS) is 11.5. The zero-order chi connectivity index (χ0) is 20.4. The fourth-order valence-corrected chi connectivity index (χ4v) is 2.24. The second kappa shape index (κ2) is 10.4. The number of unbranched alkanes of at least 4 members (excludes halogenated alkanes) is 1. The Bertz CT molecular complexity index is 740. The summed E-state index contributed by atoms with van der Waals surface area (Å²) in [5, 5.41) is 12.0. The van der Waals surface area contributed by atoms with Gasteiger partial charge in [-0.25, -0.2) is 0 Å². The van der Waals surface area contributed by atoms with Gasteiger partial charge in [0.25, 0.3) is 5.91 Å². The minimum absolute atomic E-state index is 0.00522. The van der Waals surface area contributed by atoms with E-state index in [2.05, 4.69) is 5.32 Å². The molecule has 0 radical (unpaired) electrons. The van der Waals surface area contributed by atoms with E-state index in [1.807, 2.05) is 33.8 Å². The van der Waals surface area contributed by atoms with Gasteiger partial charge in [0.2, 0.25) is 0 Å². The molecule has 146 valence electrons. The first-order chi connectivity index (χ1) is 12.7. The third kappa shape index (κ3) is 7.95. The van der Waals surface area contributed by atoms with E-state index in [1.165, 1.54) is 13.2 Å². The quantitative estimate of drug-likeness (QED) is 0.246. The molecule has 0 aliphatic rings. The van der Waals surface area contributed by atoms with Crippen molar-refractivity contribution in [2.75, 3.05) is 13.7 Å². The number of carbonyl (C=O) groups excluding carboxylic acids is 2. The van der Waals surface area contributed by atoms with Crippen LogP contribution in [-0.4, -0.2) is 25.5 Å². The summed E-state index contributed by atoms with van der Waals surface area (Å²) < 4.78 is 10.7. The number of hydrogen-bond donors (Lipinski definition) is 1. The van der Waals surface area contributed by atoms with E-state index < -0.39 is 5.91 Å². The highest BCUT2D eigenvalue weighted by Gasteiger charge is 2.19. The number of methoxy groups -OCH3 is 1. The summed E-state index contributed by atoms with van der Waals surface area (Å²) >= 11 is 0. The van der Waals surface area contributed by atoms with Crippen LogP contribution in [0.2, 0.25) is 0 Å². The Hall–Kier alpha value is -2.81. The van der Waals surface area contributed by atoms with Crippen LogP contribution in [0.15, 0.2) is 23.8 Å². The Balaban J connectivity index is 2.96. The Kier molecular flexibility index (Phi) is 8.53. The van der Waals surface area contributed by atoms with Crippen molar-refractivity contribution in [1.82, 2.24) is 5.32 Å². The highest BCUT2D eigenvalue weighted by molar-refractivity contribution is 6.01.